The van der Waals surface area contributed by atoms with Gasteiger partial charge in [0.25, 0.3) is 0 Å². The third kappa shape index (κ3) is 4.70. The molecule has 9 aromatic carbocycles. The van der Waals surface area contributed by atoms with Crippen LogP contribution in [0.5, 0.6) is 0 Å². The molecule has 0 N–H and O–H groups in total. The highest BCUT2D eigenvalue weighted by Crippen LogP contribution is 2.42. The topological polar surface area (TPSA) is 51.6 Å². The van der Waals surface area contributed by atoms with Crippen LogP contribution < -0.4 is 0 Å². The molecule has 11 aromatic rings. The molecule has 0 aliphatic carbocycles. The van der Waals surface area contributed by atoms with Crippen molar-refractivity contribution in [1.29, 1.82) is 0 Å². The molecular weight excluding hydrogens is 657 g/mol. The molecule has 2 heterocycles. The molecule has 0 saturated heterocycles. The molecule has 0 fully saturated rings. The fourth-order valence-electron chi connectivity index (χ4n) is 8.12. The zero-order chi connectivity index (χ0) is 35.6. The van der Waals surface area contributed by atoms with Crippen LogP contribution in [0.25, 0.3) is 110 Å². The Hall–Kier alpha value is -7.30. The lowest BCUT2D eigenvalue weighted by Gasteiger charge is -2.17. The molecule has 0 saturated carbocycles. The number of fused-ring (bicyclic) bond motifs is 12. The van der Waals surface area contributed by atoms with E-state index < -0.39 is 0 Å². The number of hydrogen-bond donors (Lipinski definition) is 0. The number of benzene rings is 9. The number of rotatable bonds is 4. The lowest BCUT2D eigenvalue weighted by molar-refractivity contribution is 1.28. The average molecular weight is 685 g/mol. The van der Waals surface area contributed by atoms with E-state index >= 15 is 0 Å². The Labute approximate surface area is 311 Å². The van der Waals surface area contributed by atoms with Gasteiger partial charge in [0.15, 0.2) is 0 Å². The van der Waals surface area contributed by atoms with Crippen LogP contribution in [0.4, 0.5) is 0 Å². The molecule has 0 aliphatic heterocycles. The minimum atomic E-state index is 0.755. The molecular formula is C50H28N4. The van der Waals surface area contributed by atoms with Crippen molar-refractivity contribution in [3.8, 4) is 44.8 Å². The molecule has 2 radical (unpaired) electrons. The normalized spacial score (nSPS) is 11.7. The summed E-state index contributed by atoms with van der Waals surface area (Å²) in [7, 11) is 0. The van der Waals surface area contributed by atoms with Gasteiger partial charge in [-0.05, 0) is 62.0 Å². The summed E-state index contributed by atoms with van der Waals surface area (Å²) >= 11 is 0. The van der Waals surface area contributed by atoms with Crippen LogP contribution >= 0.6 is 0 Å². The van der Waals surface area contributed by atoms with Crippen molar-refractivity contribution in [2.75, 3.05) is 0 Å². The Bertz CT molecular complexity index is 3210. The first-order valence-electron chi connectivity index (χ1n) is 18.1. The van der Waals surface area contributed by atoms with Crippen molar-refractivity contribution in [2.24, 2.45) is 0 Å². The van der Waals surface area contributed by atoms with Gasteiger partial charge in [0.2, 0.25) is 0 Å². The molecule has 54 heavy (non-hydrogen) atoms. The van der Waals surface area contributed by atoms with Gasteiger partial charge in [0.05, 0.1) is 45.8 Å². The first-order valence-corrected chi connectivity index (χ1v) is 18.1. The molecule has 4 heteroatoms. The Kier molecular flexibility index (Phi) is 6.82. The van der Waals surface area contributed by atoms with E-state index in [1.807, 2.05) is 30.6 Å². The van der Waals surface area contributed by atoms with Gasteiger partial charge in [0, 0.05) is 32.7 Å². The number of hydrogen-bond acceptors (Lipinski definition) is 4. The van der Waals surface area contributed by atoms with Gasteiger partial charge < -0.3 is 0 Å². The second kappa shape index (κ2) is 12.1. The molecule has 0 atom stereocenters. The summed E-state index contributed by atoms with van der Waals surface area (Å²) in [6, 6.07) is 61.5. The third-order valence-corrected chi connectivity index (χ3v) is 10.6. The first-order chi connectivity index (χ1) is 26.8. The Morgan fingerprint density at radius 2 is 0.852 bits per heavy atom. The van der Waals surface area contributed by atoms with Crippen LogP contribution in [-0.2, 0) is 0 Å². The third-order valence-electron chi connectivity index (χ3n) is 10.6. The maximum Gasteiger partial charge on any atom is 0.0979 e. The van der Waals surface area contributed by atoms with E-state index in [1.165, 1.54) is 10.8 Å². The monoisotopic (exact) mass is 684 g/mol. The summed E-state index contributed by atoms with van der Waals surface area (Å²) in [6.45, 7) is 0. The molecule has 4 nitrogen and oxygen atoms in total. The van der Waals surface area contributed by atoms with Gasteiger partial charge in [-0.15, -0.1) is 0 Å². The molecule has 2 aromatic heterocycles. The van der Waals surface area contributed by atoms with E-state index in [0.29, 0.717) is 0 Å². The van der Waals surface area contributed by atoms with E-state index in [4.69, 9.17) is 19.9 Å². The van der Waals surface area contributed by atoms with Crippen molar-refractivity contribution in [3.63, 3.8) is 0 Å². The van der Waals surface area contributed by atoms with Crippen molar-refractivity contribution in [3.05, 3.63) is 182 Å². The maximum atomic E-state index is 5.50. The van der Waals surface area contributed by atoms with E-state index in [0.717, 1.165) is 99.2 Å². The van der Waals surface area contributed by atoms with E-state index in [9.17, 15) is 0 Å². The Morgan fingerprint density at radius 1 is 0.370 bits per heavy atom. The van der Waals surface area contributed by atoms with Crippen molar-refractivity contribution in [1.82, 2.24) is 19.9 Å². The van der Waals surface area contributed by atoms with Crippen molar-refractivity contribution in [2.45, 2.75) is 0 Å². The van der Waals surface area contributed by atoms with Crippen molar-refractivity contribution < 1.29 is 0 Å². The molecule has 0 amide bonds. The maximum absolute atomic E-state index is 5.50. The van der Waals surface area contributed by atoms with E-state index in [-0.39, 0.29) is 0 Å². The predicted molar refractivity (Wildman–Crippen MR) is 222 cm³/mol. The van der Waals surface area contributed by atoms with E-state index in [1.54, 1.807) is 0 Å². The van der Waals surface area contributed by atoms with Gasteiger partial charge in [-0.2, -0.15) is 0 Å². The highest BCUT2D eigenvalue weighted by atomic mass is 14.8. The summed E-state index contributed by atoms with van der Waals surface area (Å²) < 4.78 is 0. The van der Waals surface area contributed by atoms with Gasteiger partial charge in [-0.1, -0.05) is 152 Å². The predicted octanol–water partition coefficient (Wildman–Crippen LogP) is 12.5. The van der Waals surface area contributed by atoms with Crippen LogP contribution in [0, 0.1) is 12.1 Å². The fraction of sp³-hybridized carbons (Fsp3) is 0. The highest BCUT2D eigenvalue weighted by Gasteiger charge is 2.21. The summed E-state index contributed by atoms with van der Waals surface area (Å²) in [4.78, 5) is 21.3. The molecule has 0 bridgehead atoms. The standard InChI is InChI=1S/C50H28N4/c1-2-14-31(15-3-1)32-16-12-17-33(28-32)34-26-13-27-43(44-29-51-47-39-22-8-4-18-35(39)37-20-6-10-24-41(37)49(47)53-44)46(34)45-30-52-48-40-23-9-5-19-36(40)38-21-7-11-25-42(38)50(48)54-45/h1-2,4-27,29-30H. The summed E-state index contributed by atoms with van der Waals surface area (Å²) in [5, 5.41) is 8.95. The van der Waals surface area contributed by atoms with Gasteiger partial charge in [-0.3, -0.25) is 9.97 Å². The van der Waals surface area contributed by atoms with Gasteiger partial charge >= 0.3 is 0 Å². The van der Waals surface area contributed by atoms with Crippen molar-refractivity contribution >= 4 is 65.2 Å². The summed E-state index contributed by atoms with van der Waals surface area (Å²) in [5.41, 5.74) is 10.8. The van der Waals surface area contributed by atoms with Crippen LogP contribution in [-0.4, -0.2) is 19.9 Å². The summed E-state index contributed by atoms with van der Waals surface area (Å²) in [6.07, 6.45) is 3.82. The molecule has 248 valence electrons. The zero-order valence-corrected chi connectivity index (χ0v) is 29.0. The van der Waals surface area contributed by atoms with Crippen LogP contribution in [0.3, 0.4) is 0 Å². The molecule has 0 spiro atoms. The lowest BCUT2D eigenvalue weighted by atomic mass is 9.90. The SMILES string of the molecule is [c]1cccc(-c2[c]c(-c3cccc(-c4cnc5c6ccccc6c6ccccc6c5n4)c3-c3cnc4c5ccccc5c5ccccc5c4n3)ccc2)c1. The quantitative estimate of drug-likeness (QED) is 0.173. The minimum Gasteiger partial charge on any atom is -0.252 e. The smallest absolute Gasteiger partial charge is 0.0979 e. The van der Waals surface area contributed by atoms with E-state index in [2.05, 4.69) is 152 Å². The minimum absolute atomic E-state index is 0.755. The Morgan fingerprint density at radius 3 is 1.43 bits per heavy atom. The highest BCUT2D eigenvalue weighted by molar-refractivity contribution is 6.24. The van der Waals surface area contributed by atoms with Crippen LogP contribution in [0.15, 0.2) is 170 Å². The number of nitrogens with zero attached hydrogens (tertiary/aromatic N) is 4. The molecule has 0 unspecified atom stereocenters. The molecule has 11 rings (SSSR count). The first kappa shape index (κ1) is 30.3. The second-order valence-corrected chi connectivity index (χ2v) is 13.6. The Balaban J connectivity index is 1.22. The lowest BCUT2D eigenvalue weighted by Crippen LogP contribution is -1.98. The fourth-order valence-corrected chi connectivity index (χ4v) is 8.12. The summed E-state index contributed by atoms with van der Waals surface area (Å²) in [5.74, 6) is 0. The zero-order valence-electron chi connectivity index (χ0n) is 29.0. The average Bonchev–Trinajstić information content (AvgIpc) is 3.26. The van der Waals surface area contributed by atoms with Gasteiger partial charge in [-0.25, -0.2) is 9.97 Å². The second-order valence-electron chi connectivity index (χ2n) is 13.6. The van der Waals surface area contributed by atoms with Crippen LogP contribution in [0.1, 0.15) is 0 Å². The largest absolute Gasteiger partial charge is 0.252 e. The van der Waals surface area contributed by atoms with Gasteiger partial charge in [0.1, 0.15) is 0 Å². The number of aromatic nitrogens is 4. The van der Waals surface area contributed by atoms with Crippen LogP contribution in [0.2, 0.25) is 0 Å². The molecule has 0 aliphatic rings.